The van der Waals surface area contributed by atoms with Crippen molar-refractivity contribution in [3.8, 4) is 11.3 Å². The first kappa shape index (κ1) is 14.2. The molecule has 0 aliphatic rings. The summed E-state index contributed by atoms with van der Waals surface area (Å²) in [5, 5.41) is 16.7. The van der Waals surface area contributed by atoms with Crippen molar-refractivity contribution in [2.24, 2.45) is 0 Å². The van der Waals surface area contributed by atoms with Gasteiger partial charge in [-0.25, -0.2) is 4.98 Å². The molecule has 1 heterocycles. The van der Waals surface area contributed by atoms with Gasteiger partial charge < -0.3 is 5.32 Å². The van der Waals surface area contributed by atoms with Gasteiger partial charge in [-0.15, -0.1) is 11.3 Å². The number of para-hydroxylation sites is 1. The maximum absolute atomic E-state index is 10.7. The highest BCUT2D eigenvalue weighted by atomic mass is 32.1. The van der Waals surface area contributed by atoms with E-state index < -0.39 is 4.92 Å². The Balaban J connectivity index is 1.81. The SMILES string of the molecule is Cc1ccccc1Nc1nc(-c2ccc([N+](=O)[O-])cc2)cs1. The molecule has 1 aromatic heterocycles. The Morgan fingerprint density at radius 3 is 2.55 bits per heavy atom. The zero-order chi connectivity index (χ0) is 15.5. The number of non-ortho nitro benzene ring substituents is 1. The molecule has 0 saturated carbocycles. The third-order valence-corrected chi connectivity index (χ3v) is 4.02. The predicted molar refractivity (Wildman–Crippen MR) is 88.7 cm³/mol. The number of nitrogens with zero attached hydrogens (tertiary/aromatic N) is 2. The first-order chi connectivity index (χ1) is 10.6. The van der Waals surface area contributed by atoms with Crippen LogP contribution in [0.3, 0.4) is 0 Å². The van der Waals surface area contributed by atoms with E-state index in [1.54, 1.807) is 12.1 Å². The van der Waals surface area contributed by atoms with Gasteiger partial charge in [0.25, 0.3) is 5.69 Å². The molecule has 0 radical (unpaired) electrons. The Kier molecular flexibility index (Phi) is 3.84. The molecule has 5 nitrogen and oxygen atoms in total. The number of nitrogens with one attached hydrogen (secondary N) is 1. The first-order valence-electron chi connectivity index (χ1n) is 6.66. The van der Waals surface area contributed by atoms with Gasteiger partial charge in [0.2, 0.25) is 0 Å². The zero-order valence-electron chi connectivity index (χ0n) is 11.8. The number of aromatic nitrogens is 1. The average Bonchev–Trinajstić information content (AvgIpc) is 2.98. The molecule has 0 bridgehead atoms. The molecule has 0 amide bonds. The van der Waals surface area contributed by atoms with Gasteiger partial charge in [0, 0.05) is 28.8 Å². The van der Waals surface area contributed by atoms with Crippen molar-refractivity contribution in [2.45, 2.75) is 6.92 Å². The number of aryl methyl sites for hydroxylation is 1. The average molecular weight is 311 g/mol. The summed E-state index contributed by atoms with van der Waals surface area (Å²) in [5.74, 6) is 0. The number of nitro benzene ring substituents is 1. The summed E-state index contributed by atoms with van der Waals surface area (Å²) in [6.07, 6.45) is 0. The minimum atomic E-state index is -0.407. The highest BCUT2D eigenvalue weighted by Crippen LogP contribution is 2.29. The monoisotopic (exact) mass is 311 g/mol. The highest BCUT2D eigenvalue weighted by molar-refractivity contribution is 7.14. The van der Waals surface area contributed by atoms with E-state index in [4.69, 9.17) is 0 Å². The van der Waals surface area contributed by atoms with Crippen molar-refractivity contribution in [3.63, 3.8) is 0 Å². The molecule has 0 atom stereocenters. The number of hydrogen-bond donors (Lipinski definition) is 1. The number of thiazole rings is 1. The lowest BCUT2D eigenvalue weighted by Crippen LogP contribution is -1.92. The summed E-state index contributed by atoms with van der Waals surface area (Å²) in [6, 6.07) is 14.4. The van der Waals surface area contributed by atoms with Crippen LogP contribution in [-0.2, 0) is 0 Å². The van der Waals surface area contributed by atoms with Gasteiger partial charge >= 0.3 is 0 Å². The lowest BCUT2D eigenvalue weighted by Gasteiger charge is -2.05. The van der Waals surface area contributed by atoms with Crippen LogP contribution in [0.1, 0.15) is 5.56 Å². The number of rotatable bonds is 4. The molecule has 0 unspecified atom stereocenters. The summed E-state index contributed by atoms with van der Waals surface area (Å²) < 4.78 is 0. The molecular weight excluding hydrogens is 298 g/mol. The van der Waals surface area contributed by atoms with E-state index in [-0.39, 0.29) is 5.69 Å². The van der Waals surface area contributed by atoms with Gasteiger partial charge in [0.15, 0.2) is 5.13 Å². The van der Waals surface area contributed by atoms with E-state index in [2.05, 4.69) is 10.3 Å². The molecule has 3 aromatic rings. The van der Waals surface area contributed by atoms with Crippen LogP contribution in [0.2, 0.25) is 0 Å². The van der Waals surface area contributed by atoms with Crippen LogP contribution < -0.4 is 5.32 Å². The standard InChI is InChI=1S/C16H13N3O2S/c1-11-4-2-3-5-14(11)17-16-18-15(10-22-16)12-6-8-13(9-7-12)19(20)21/h2-10H,1H3,(H,17,18). The lowest BCUT2D eigenvalue weighted by atomic mass is 10.1. The fourth-order valence-electron chi connectivity index (χ4n) is 2.05. The van der Waals surface area contributed by atoms with Crippen molar-refractivity contribution in [3.05, 3.63) is 69.6 Å². The molecule has 22 heavy (non-hydrogen) atoms. The third kappa shape index (κ3) is 2.96. The highest BCUT2D eigenvalue weighted by Gasteiger charge is 2.08. The molecule has 1 N–H and O–H groups in total. The summed E-state index contributed by atoms with van der Waals surface area (Å²) >= 11 is 1.50. The smallest absolute Gasteiger partial charge is 0.269 e. The maximum Gasteiger partial charge on any atom is 0.269 e. The molecule has 2 aromatic carbocycles. The second kappa shape index (κ2) is 5.95. The Morgan fingerprint density at radius 2 is 1.86 bits per heavy atom. The first-order valence-corrected chi connectivity index (χ1v) is 7.54. The molecule has 0 fully saturated rings. The van der Waals surface area contributed by atoms with E-state index in [1.165, 1.54) is 23.5 Å². The van der Waals surface area contributed by atoms with Crippen LogP contribution in [0.15, 0.2) is 53.9 Å². The number of nitro groups is 1. The van der Waals surface area contributed by atoms with Gasteiger partial charge in [0.1, 0.15) is 0 Å². The molecular formula is C16H13N3O2S. The zero-order valence-corrected chi connectivity index (χ0v) is 12.6. The molecule has 6 heteroatoms. The van der Waals surface area contributed by atoms with Gasteiger partial charge in [-0.05, 0) is 30.7 Å². The van der Waals surface area contributed by atoms with E-state index in [0.717, 1.165) is 27.6 Å². The Labute approximate surface area is 131 Å². The number of hydrogen-bond acceptors (Lipinski definition) is 5. The molecule has 0 aliphatic carbocycles. The van der Waals surface area contributed by atoms with Crippen LogP contribution in [0, 0.1) is 17.0 Å². The second-order valence-electron chi connectivity index (χ2n) is 4.78. The third-order valence-electron chi connectivity index (χ3n) is 3.26. The quantitative estimate of drug-likeness (QED) is 0.556. The fourth-order valence-corrected chi connectivity index (χ4v) is 2.78. The van der Waals surface area contributed by atoms with Crippen molar-refractivity contribution < 1.29 is 4.92 Å². The molecule has 0 spiro atoms. The number of benzene rings is 2. The van der Waals surface area contributed by atoms with Gasteiger partial charge in [-0.2, -0.15) is 0 Å². The predicted octanol–water partition coefficient (Wildman–Crippen LogP) is 4.77. The van der Waals surface area contributed by atoms with Crippen molar-refractivity contribution in [1.82, 2.24) is 4.98 Å². The molecule has 0 aliphatic heterocycles. The van der Waals surface area contributed by atoms with E-state index >= 15 is 0 Å². The van der Waals surface area contributed by atoms with Crippen molar-refractivity contribution >= 4 is 27.8 Å². The second-order valence-corrected chi connectivity index (χ2v) is 5.64. The van der Waals surface area contributed by atoms with Crippen molar-refractivity contribution in [2.75, 3.05) is 5.32 Å². The van der Waals surface area contributed by atoms with Gasteiger partial charge in [-0.1, -0.05) is 18.2 Å². The Bertz CT molecular complexity index is 812. The van der Waals surface area contributed by atoms with Gasteiger partial charge in [-0.3, -0.25) is 10.1 Å². The summed E-state index contributed by atoms with van der Waals surface area (Å²) in [7, 11) is 0. The molecule has 110 valence electrons. The van der Waals surface area contributed by atoms with Crippen LogP contribution in [0.4, 0.5) is 16.5 Å². The van der Waals surface area contributed by atoms with Gasteiger partial charge in [0.05, 0.1) is 10.6 Å². The van der Waals surface area contributed by atoms with E-state index in [9.17, 15) is 10.1 Å². The minimum Gasteiger partial charge on any atom is -0.331 e. The minimum absolute atomic E-state index is 0.0808. The summed E-state index contributed by atoms with van der Waals surface area (Å²) in [6.45, 7) is 2.03. The fraction of sp³-hybridized carbons (Fsp3) is 0.0625. The van der Waals surface area contributed by atoms with E-state index in [0.29, 0.717) is 0 Å². The van der Waals surface area contributed by atoms with Crippen LogP contribution >= 0.6 is 11.3 Å². The molecule has 0 saturated heterocycles. The largest absolute Gasteiger partial charge is 0.331 e. The molecule has 3 rings (SSSR count). The Hall–Kier alpha value is -2.73. The van der Waals surface area contributed by atoms with E-state index in [1.807, 2.05) is 36.6 Å². The lowest BCUT2D eigenvalue weighted by molar-refractivity contribution is -0.384. The maximum atomic E-state index is 10.7. The summed E-state index contributed by atoms with van der Waals surface area (Å²) in [5.41, 5.74) is 3.91. The Morgan fingerprint density at radius 1 is 1.14 bits per heavy atom. The topological polar surface area (TPSA) is 68.1 Å². The van der Waals surface area contributed by atoms with Crippen LogP contribution in [0.25, 0.3) is 11.3 Å². The summed E-state index contributed by atoms with van der Waals surface area (Å²) in [4.78, 5) is 14.8. The van der Waals surface area contributed by atoms with Crippen LogP contribution in [-0.4, -0.2) is 9.91 Å². The van der Waals surface area contributed by atoms with Crippen molar-refractivity contribution in [1.29, 1.82) is 0 Å². The normalized spacial score (nSPS) is 10.4. The number of anilines is 2. The van der Waals surface area contributed by atoms with Crippen LogP contribution in [0.5, 0.6) is 0 Å².